The Balaban J connectivity index is 1.78. The summed E-state index contributed by atoms with van der Waals surface area (Å²) in [5, 5.41) is 4.08. The van der Waals surface area contributed by atoms with E-state index in [9.17, 15) is 0 Å². The summed E-state index contributed by atoms with van der Waals surface area (Å²) < 4.78 is 6.73. The van der Waals surface area contributed by atoms with Crippen LogP contribution in [0.1, 0.15) is 0 Å². The van der Waals surface area contributed by atoms with Crippen LogP contribution < -0.4 is 5.73 Å². The first kappa shape index (κ1) is 9.47. The Hall–Kier alpha value is -1.08. The molecule has 0 bridgehead atoms. The standard InChI is InChI=1S/C7H9N5S2/c8-6-3-10-12(4-6)1-2-13-7-9-5-11-14-7/h3-5H,1-2,8H2. The van der Waals surface area contributed by atoms with Gasteiger partial charge in [-0.1, -0.05) is 11.8 Å². The van der Waals surface area contributed by atoms with Crippen LogP contribution in [0.4, 0.5) is 5.69 Å². The predicted octanol–water partition coefficient (Wildman–Crippen LogP) is 1.11. The van der Waals surface area contributed by atoms with Crippen LogP contribution in [-0.4, -0.2) is 24.9 Å². The third kappa shape index (κ3) is 2.46. The lowest BCUT2D eigenvalue weighted by Gasteiger charge is -1.97. The smallest absolute Gasteiger partial charge is 0.169 e. The van der Waals surface area contributed by atoms with Crippen LogP contribution in [0.15, 0.2) is 23.1 Å². The van der Waals surface area contributed by atoms with Gasteiger partial charge in [0.25, 0.3) is 0 Å². The van der Waals surface area contributed by atoms with E-state index in [1.165, 1.54) is 11.5 Å². The molecule has 0 aliphatic carbocycles. The molecule has 0 spiro atoms. The molecule has 0 atom stereocenters. The van der Waals surface area contributed by atoms with E-state index in [0.717, 1.165) is 16.6 Å². The highest BCUT2D eigenvalue weighted by atomic mass is 32.2. The molecule has 0 radical (unpaired) electrons. The van der Waals surface area contributed by atoms with Gasteiger partial charge in [-0.15, -0.1) is 0 Å². The molecule has 0 aliphatic rings. The minimum atomic E-state index is 0.700. The topological polar surface area (TPSA) is 69.6 Å². The zero-order chi connectivity index (χ0) is 9.80. The van der Waals surface area contributed by atoms with Crippen molar-refractivity contribution in [1.29, 1.82) is 0 Å². The molecule has 0 saturated heterocycles. The lowest BCUT2D eigenvalue weighted by Crippen LogP contribution is -2.00. The molecule has 0 aliphatic heterocycles. The van der Waals surface area contributed by atoms with Crippen LogP contribution in [0, 0.1) is 0 Å². The number of anilines is 1. The highest BCUT2D eigenvalue weighted by Gasteiger charge is 1.98. The van der Waals surface area contributed by atoms with Crippen molar-refractivity contribution < 1.29 is 0 Å². The van der Waals surface area contributed by atoms with Gasteiger partial charge in [0, 0.05) is 11.9 Å². The van der Waals surface area contributed by atoms with E-state index in [0.29, 0.717) is 5.69 Å². The van der Waals surface area contributed by atoms with Crippen LogP contribution in [0.2, 0.25) is 0 Å². The second-order valence-corrected chi connectivity index (χ2v) is 4.71. The predicted molar refractivity (Wildman–Crippen MR) is 57.3 cm³/mol. The van der Waals surface area contributed by atoms with Gasteiger partial charge in [-0.25, -0.2) is 4.98 Å². The van der Waals surface area contributed by atoms with E-state index in [1.807, 2.05) is 10.9 Å². The Morgan fingerprint density at radius 2 is 2.50 bits per heavy atom. The number of nitrogens with zero attached hydrogens (tertiary/aromatic N) is 4. The SMILES string of the molecule is Nc1cnn(CCSc2ncns2)c1. The molecule has 0 amide bonds. The van der Waals surface area contributed by atoms with Crippen molar-refractivity contribution >= 4 is 29.0 Å². The number of nitrogen functional groups attached to an aromatic ring is 1. The zero-order valence-corrected chi connectivity index (χ0v) is 8.96. The van der Waals surface area contributed by atoms with Gasteiger partial charge in [-0.05, 0) is 11.5 Å². The quantitative estimate of drug-likeness (QED) is 0.792. The van der Waals surface area contributed by atoms with Crippen molar-refractivity contribution in [3.8, 4) is 0 Å². The third-order valence-corrected chi connectivity index (χ3v) is 3.32. The fourth-order valence-electron chi connectivity index (χ4n) is 0.955. The van der Waals surface area contributed by atoms with Gasteiger partial charge in [0.2, 0.25) is 0 Å². The normalized spacial score (nSPS) is 10.6. The van der Waals surface area contributed by atoms with Gasteiger partial charge in [0.05, 0.1) is 18.4 Å². The van der Waals surface area contributed by atoms with E-state index < -0.39 is 0 Å². The fraction of sp³-hybridized carbons (Fsp3) is 0.286. The molecule has 2 aromatic heterocycles. The van der Waals surface area contributed by atoms with E-state index in [-0.39, 0.29) is 0 Å². The molecule has 0 saturated carbocycles. The first-order chi connectivity index (χ1) is 6.84. The molecule has 7 heteroatoms. The minimum absolute atomic E-state index is 0.700. The number of aryl methyl sites for hydroxylation is 1. The molecular formula is C7H9N5S2. The Morgan fingerprint density at radius 3 is 3.14 bits per heavy atom. The fourth-order valence-corrected chi connectivity index (χ4v) is 2.40. The summed E-state index contributed by atoms with van der Waals surface area (Å²) in [6.45, 7) is 0.835. The Kier molecular flexibility index (Phi) is 3.00. The first-order valence-electron chi connectivity index (χ1n) is 4.02. The Morgan fingerprint density at radius 1 is 1.57 bits per heavy atom. The number of rotatable bonds is 4. The molecule has 2 heterocycles. The maximum atomic E-state index is 5.53. The summed E-state index contributed by atoms with van der Waals surface area (Å²) in [7, 11) is 0. The lowest BCUT2D eigenvalue weighted by atomic mass is 10.6. The minimum Gasteiger partial charge on any atom is -0.396 e. The summed E-state index contributed by atoms with van der Waals surface area (Å²) in [5.74, 6) is 0.927. The summed E-state index contributed by atoms with van der Waals surface area (Å²) in [6.07, 6.45) is 5.04. The van der Waals surface area contributed by atoms with Gasteiger partial charge in [-0.3, -0.25) is 4.68 Å². The summed E-state index contributed by atoms with van der Waals surface area (Å²) >= 11 is 3.09. The summed E-state index contributed by atoms with van der Waals surface area (Å²) in [6, 6.07) is 0. The van der Waals surface area contributed by atoms with E-state index in [4.69, 9.17) is 5.73 Å². The molecule has 2 aromatic rings. The number of aromatic nitrogens is 4. The van der Waals surface area contributed by atoms with Gasteiger partial charge < -0.3 is 5.73 Å². The van der Waals surface area contributed by atoms with Gasteiger partial charge in [0.1, 0.15) is 6.33 Å². The molecule has 0 fully saturated rings. The molecule has 2 rings (SSSR count). The maximum Gasteiger partial charge on any atom is 0.169 e. The van der Waals surface area contributed by atoms with Crippen LogP contribution in [0.5, 0.6) is 0 Å². The summed E-state index contributed by atoms with van der Waals surface area (Å²) in [5.41, 5.74) is 6.23. The highest BCUT2D eigenvalue weighted by molar-refractivity contribution is 8.00. The number of nitrogens with two attached hydrogens (primary N) is 1. The van der Waals surface area contributed by atoms with E-state index >= 15 is 0 Å². The van der Waals surface area contributed by atoms with Gasteiger partial charge >= 0.3 is 0 Å². The highest BCUT2D eigenvalue weighted by Crippen LogP contribution is 2.18. The van der Waals surface area contributed by atoms with Crippen molar-refractivity contribution in [3.63, 3.8) is 0 Å². The van der Waals surface area contributed by atoms with Crippen molar-refractivity contribution in [1.82, 2.24) is 19.1 Å². The molecule has 74 valence electrons. The molecule has 14 heavy (non-hydrogen) atoms. The van der Waals surface area contributed by atoms with Crippen LogP contribution in [0.3, 0.4) is 0 Å². The Labute approximate surface area is 89.5 Å². The Bertz CT molecular complexity index is 382. The van der Waals surface area contributed by atoms with Gasteiger partial charge in [0.15, 0.2) is 4.34 Å². The van der Waals surface area contributed by atoms with E-state index in [2.05, 4.69) is 14.5 Å². The molecule has 0 aromatic carbocycles. The van der Waals surface area contributed by atoms with Gasteiger partial charge in [-0.2, -0.15) is 9.47 Å². The largest absolute Gasteiger partial charge is 0.396 e. The molecular weight excluding hydrogens is 218 g/mol. The lowest BCUT2D eigenvalue weighted by molar-refractivity contribution is 0.666. The summed E-state index contributed by atoms with van der Waals surface area (Å²) in [4.78, 5) is 4.07. The van der Waals surface area contributed by atoms with Crippen LogP contribution in [0.25, 0.3) is 0 Å². The van der Waals surface area contributed by atoms with Crippen LogP contribution >= 0.6 is 23.3 Å². The van der Waals surface area contributed by atoms with Crippen molar-refractivity contribution in [3.05, 3.63) is 18.7 Å². The second-order valence-electron chi connectivity index (χ2n) is 2.59. The second kappa shape index (κ2) is 4.43. The average molecular weight is 227 g/mol. The molecule has 5 nitrogen and oxygen atoms in total. The zero-order valence-electron chi connectivity index (χ0n) is 7.33. The molecule has 0 unspecified atom stereocenters. The van der Waals surface area contributed by atoms with E-state index in [1.54, 1.807) is 24.3 Å². The number of thioether (sulfide) groups is 1. The van der Waals surface area contributed by atoms with Crippen molar-refractivity contribution in [2.45, 2.75) is 10.9 Å². The monoisotopic (exact) mass is 227 g/mol. The number of hydrogen-bond donors (Lipinski definition) is 1. The van der Waals surface area contributed by atoms with Crippen molar-refractivity contribution in [2.24, 2.45) is 0 Å². The third-order valence-electron chi connectivity index (χ3n) is 1.54. The molecule has 2 N–H and O–H groups in total. The number of hydrogen-bond acceptors (Lipinski definition) is 6. The van der Waals surface area contributed by atoms with Crippen LogP contribution in [-0.2, 0) is 6.54 Å². The maximum absolute atomic E-state index is 5.53. The van der Waals surface area contributed by atoms with Crippen molar-refractivity contribution in [2.75, 3.05) is 11.5 Å². The average Bonchev–Trinajstić information content (AvgIpc) is 2.77. The first-order valence-corrected chi connectivity index (χ1v) is 5.78.